The number of halogens is 1. The molecule has 0 radical (unpaired) electrons. The van der Waals surface area contributed by atoms with Crippen molar-refractivity contribution in [2.24, 2.45) is 5.92 Å². The summed E-state index contributed by atoms with van der Waals surface area (Å²) in [5, 5.41) is 6.80. The van der Waals surface area contributed by atoms with Gasteiger partial charge >= 0.3 is 0 Å². The van der Waals surface area contributed by atoms with E-state index >= 15 is 0 Å². The van der Waals surface area contributed by atoms with Crippen molar-refractivity contribution in [3.05, 3.63) is 48.6 Å². The molecule has 1 fully saturated rings. The number of carbonyl (C=O) groups excluding carboxylic acids is 1. The van der Waals surface area contributed by atoms with Crippen LogP contribution in [0.5, 0.6) is 0 Å². The molecule has 25 heavy (non-hydrogen) atoms. The minimum Gasteiger partial charge on any atom is -0.352 e. The molecule has 1 N–H and O–H groups in total. The maximum Gasteiger partial charge on any atom is 0.241 e. The molecular formula is C18H21FN4O2. The van der Waals surface area contributed by atoms with Crippen molar-refractivity contribution in [3.8, 4) is 11.4 Å². The maximum atomic E-state index is 13.0. The van der Waals surface area contributed by atoms with Crippen LogP contribution in [-0.4, -0.2) is 40.6 Å². The average Bonchev–Trinajstić information content (AvgIpc) is 3.09. The van der Waals surface area contributed by atoms with E-state index in [2.05, 4.69) is 26.9 Å². The smallest absolute Gasteiger partial charge is 0.241 e. The first kappa shape index (κ1) is 17.3. The summed E-state index contributed by atoms with van der Waals surface area (Å²) in [5.74, 6) is 0.819. The van der Waals surface area contributed by atoms with Gasteiger partial charge in [0.1, 0.15) is 5.82 Å². The third kappa shape index (κ3) is 4.51. The number of carbonyl (C=O) groups is 1. The topological polar surface area (TPSA) is 71.3 Å². The third-order valence-electron chi connectivity index (χ3n) is 4.31. The third-order valence-corrected chi connectivity index (χ3v) is 4.31. The molecule has 2 aromatic rings. The van der Waals surface area contributed by atoms with Crippen molar-refractivity contribution in [1.29, 1.82) is 0 Å². The van der Waals surface area contributed by atoms with Crippen LogP contribution in [-0.2, 0) is 11.3 Å². The number of nitrogens with zero attached hydrogens (tertiary/aromatic N) is 3. The van der Waals surface area contributed by atoms with E-state index in [1.165, 1.54) is 12.1 Å². The molecule has 1 amide bonds. The largest absolute Gasteiger partial charge is 0.352 e. The molecule has 0 atom stereocenters. The van der Waals surface area contributed by atoms with Gasteiger partial charge < -0.3 is 9.84 Å². The number of rotatable bonds is 6. The van der Waals surface area contributed by atoms with Gasteiger partial charge in [0.15, 0.2) is 0 Å². The molecule has 1 aliphatic heterocycles. The summed E-state index contributed by atoms with van der Waals surface area (Å²) in [5.41, 5.74) is 0.717. The van der Waals surface area contributed by atoms with Crippen LogP contribution in [0.1, 0.15) is 18.7 Å². The van der Waals surface area contributed by atoms with Gasteiger partial charge in [-0.1, -0.05) is 11.2 Å². The lowest BCUT2D eigenvalue weighted by molar-refractivity contribution is -0.126. The van der Waals surface area contributed by atoms with Gasteiger partial charge in [-0.25, -0.2) is 4.39 Å². The van der Waals surface area contributed by atoms with Gasteiger partial charge in [0.2, 0.25) is 17.6 Å². The number of likely N-dealkylation sites (tertiary alicyclic amines) is 1. The average molecular weight is 344 g/mol. The zero-order chi connectivity index (χ0) is 17.6. The van der Waals surface area contributed by atoms with Crippen LogP contribution in [0.25, 0.3) is 11.4 Å². The predicted octanol–water partition coefficient (Wildman–Crippen LogP) is 2.39. The van der Waals surface area contributed by atoms with Crippen LogP contribution in [0, 0.1) is 11.7 Å². The molecule has 6 nitrogen and oxygen atoms in total. The number of hydrogen-bond donors (Lipinski definition) is 1. The first-order valence-electron chi connectivity index (χ1n) is 8.35. The normalized spacial score (nSPS) is 15.9. The highest BCUT2D eigenvalue weighted by Crippen LogP contribution is 2.20. The molecule has 132 valence electrons. The zero-order valence-electron chi connectivity index (χ0n) is 13.9. The van der Waals surface area contributed by atoms with Crippen molar-refractivity contribution in [2.75, 3.05) is 19.6 Å². The van der Waals surface area contributed by atoms with Crippen molar-refractivity contribution in [3.63, 3.8) is 0 Å². The minimum absolute atomic E-state index is 0.0497. The fourth-order valence-corrected chi connectivity index (χ4v) is 2.90. The number of amides is 1. The van der Waals surface area contributed by atoms with Crippen LogP contribution in [0.3, 0.4) is 0 Å². The molecule has 0 unspecified atom stereocenters. The summed E-state index contributed by atoms with van der Waals surface area (Å²) in [6.07, 6.45) is 3.30. The summed E-state index contributed by atoms with van der Waals surface area (Å²) in [6.45, 7) is 6.27. The molecule has 0 spiro atoms. The second-order valence-electron chi connectivity index (χ2n) is 6.10. The molecule has 7 heteroatoms. The first-order chi connectivity index (χ1) is 12.2. The van der Waals surface area contributed by atoms with Gasteiger partial charge in [-0.3, -0.25) is 9.69 Å². The molecular weight excluding hydrogens is 323 g/mol. The highest BCUT2D eigenvalue weighted by Gasteiger charge is 2.25. The van der Waals surface area contributed by atoms with Crippen LogP contribution < -0.4 is 5.32 Å². The Hall–Kier alpha value is -2.54. The van der Waals surface area contributed by atoms with Gasteiger partial charge in [0.05, 0.1) is 6.54 Å². The number of piperidine rings is 1. The fourth-order valence-electron chi connectivity index (χ4n) is 2.90. The Morgan fingerprint density at radius 2 is 2.08 bits per heavy atom. The molecule has 1 aliphatic rings. The van der Waals surface area contributed by atoms with Crippen LogP contribution in [0.15, 0.2) is 41.4 Å². The first-order valence-corrected chi connectivity index (χ1v) is 8.35. The Labute approximate surface area is 145 Å². The quantitative estimate of drug-likeness (QED) is 0.815. The minimum atomic E-state index is -0.299. The van der Waals surface area contributed by atoms with Crippen molar-refractivity contribution < 1.29 is 13.7 Å². The van der Waals surface area contributed by atoms with Crippen LogP contribution >= 0.6 is 0 Å². The van der Waals surface area contributed by atoms with Crippen LogP contribution in [0.2, 0.25) is 0 Å². The van der Waals surface area contributed by atoms with E-state index in [1.807, 2.05) is 0 Å². The number of aromatic nitrogens is 2. The lowest BCUT2D eigenvalue weighted by atomic mass is 9.96. The van der Waals surface area contributed by atoms with Crippen molar-refractivity contribution in [1.82, 2.24) is 20.4 Å². The molecule has 1 aromatic carbocycles. The van der Waals surface area contributed by atoms with E-state index in [-0.39, 0.29) is 17.6 Å². The summed E-state index contributed by atoms with van der Waals surface area (Å²) in [4.78, 5) is 18.5. The molecule has 2 heterocycles. The van der Waals surface area contributed by atoms with Gasteiger partial charge in [0.25, 0.3) is 0 Å². The highest BCUT2D eigenvalue weighted by molar-refractivity contribution is 5.78. The lowest BCUT2D eigenvalue weighted by Gasteiger charge is -2.30. The monoisotopic (exact) mass is 344 g/mol. The predicted molar refractivity (Wildman–Crippen MR) is 90.9 cm³/mol. The van der Waals surface area contributed by atoms with E-state index < -0.39 is 0 Å². The summed E-state index contributed by atoms with van der Waals surface area (Å²) in [6, 6.07) is 5.98. The van der Waals surface area contributed by atoms with E-state index in [9.17, 15) is 9.18 Å². The number of hydrogen-bond acceptors (Lipinski definition) is 5. The SMILES string of the molecule is C=CCNC(=O)C1CCN(Cc2nc(-c3ccc(F)cc3)no2)CC1. The van der Waals surface area contributed by atoms with E-state index in [4.69, 9.17) is 4.52 Å². The fraction of sp³-hybridized carbons (Fsp3) is 0.389. The Morgan fingerprint density at radius 3 is 2.76 bits per heavy atom. The Kier molecular flexibility index (Phi) is 5.55. The van der Waals surface area contributed by atoms with Gasteiger partial charge in [-0.2, -0.15) is 4.98 Å². The molecule has 3 rings (SSSR count). The summed E-state index contributed by atoms with van der Waals surface area (Å²) in [7, 11) is 0. The van der Waals surface area contributed by atoms with Gasteiger partial charge in [-0.05, 0) is 50.2 Å². The molecule has 1 aromatic heterocycles. The van der Waals surface area contributed by atoms with Crippen LogP contribution in [0.4, 0.5) is 4.39 Å². The van der Waals surface area contributed by atoms with Gasteiger partial charge in [-0.15, -0.1) is 6.58 Å². The number of benzene rings is 1. The van der Waals surface area contributed by atoms with E-state index in [0.717, 1.165) is 25.9 Å². The van der Waals surface area contributed by atoms with Gasteiger partial charge in [0, 0.05) is 18.0 Å². The summed E-state index contributed by atoms with van der Waals surface area (Å²) < 4.78 is 18.3. The Bertz CT molecular complexity index is 721. The molecule has 1 saturated heterocycles. The molecule has 0 aliphatic carbocycles. The second-order valence-corrected chi connectivity index (χ2v) is 6.10. The lowest BCUT2D eigenvalue weighted by Crippen LogP contribution is -2.40. The van der Waals surface area contributed by atoms with Crippen molar-refractivity contribution in [2.45, 2.75) is 19.4 Å². The van der Waals surface area contributed by atoms with E-state index in [1.54, 1.807) is 18.2 Å². The Balaban J connectivity index is 1.52. The highest BCUT2D eigenvalue weighted by atomic mass is 19.1. The molecule has 0 saturated carbocycles. The zero-order valence-corrected chi connectivity index (χ0v) is 13.9. The summed E-state index contributed by atoms with van der Waals surface area (Å²) >= 11 is 0. The Morgan fingerprint density at radius 1 is 1.36 bits per heavy atom. The molecule has 0 bridgehead atoms. The second kappa shape index (κ2) is 8.02. The standard InChI is InChI=1S/C18H21FN4O2/c1-2-9-20-18(24)14-7-10-23(11-8-14)12-16-21-17(22-25-16)13-3-5-15(19)6-4-13/h2-6,14H,1,7-12H2,(H,20,24). The maximum absolute atomic E-state index is 13.0. The number of nitrogens with one attached hydrogen (secondary N) is 1. The van der Waals surface area contributed by atoms with E-state index in [0.29, 0.717) is 30.4 Å². The van der Waals surface area contributed by atoms with Crippen molar-refractivity contribution >= 4 is 5.91 Å².